The van der Waals surface area contributed by atoms with Crippen LogP contribution in [0.4, 0.5) is 10.1 Å². The van der Waals surface area contributed by atoms with Crippen LogP contribution < -0.4 is 15.8 Å². The molecule has 0 aliphatic rings. The highest BCUT2D eigenvalue weighted by Crippen LogP contribution is 2.24. The molecule has 4 nitrogen and oxygen atoms in total. The van der Waals surface area contributed by atoms with E-state index in [9.17, 15) is 9.18 Å². The molecule has 0 aliphatic carbocycles. The third kappa shape index (κ3) is 3.31. The van der Waals surface area contributed by atoms with Crippen LogP contribution in [0.1, 0.15) is 28.9 Å². The second-order valence-electron chi connectivity index (χ2n) is 4.67. The summed E-state index contributed by atoms with van der Waals surface area (Å²) in [6, 6.07) is 11.1. The average Bonchev–Trinajstić information content (AvgIpc) is 2.49. The predicted molar refractivity (Wildman–Crippen MR) is 79.7 cm³/mol. The Bertz CT molecular complexity index is 658. The van der Waals surface area contributed by atoms with Crippen LogP contribution in [0.2, 0.25) is 0 Å². The van der Waals surface area contributed by atoms with E-state index in [1.165, 1.54) is 12.1 Å². The fourth-order valence-electron chi connectivity index (χ4n) is 2.05. The Hall–Kier alpha value is -2.56. The molecule has 2 rings (SSSR count). The van der Waals surface area contributed by atoms with E-state index in [2.05, 4.69) is 5.32 Å². The summed E-state index contributed by atoms with van der Waals surface area (Å²) in [6.45, 7) is 1.84. The lowest BCUT2D eigenvalue weighted by molar-refractivity contribution is 0.0939. The van der Waals surface area contributed by atoms with Crippen LogP contribution in [0.3, 0.4) is 0 Å². The van der Waals surface area contributed by atoms with Gasteiger partial charge < -0.3 is 15.8 Å². The van der Waals surface area contributed by atoms with Crippen molar-refractivity contribution in [2.45, 2.75) is 13.0 Å². The number of benzene rings is 2. The Labute approximate surface area is 122 Å². The van der Waals surface area contributed by atoms with E-state index in [1.54, 1.807) is 7.11 Å². The molecule has 0 aromatic heterocycles. The molecular weight excluding hydrogens is 271 g/mol. The number of para-hydroxylation sites is 1. The van der Waals surface area contributed by atoms with Crippen molar-refractivity contribution in [1.82, 2.24) is 5.32 Å². The predicted octanol–water partition coefficient (Wildman–Crippen LogP) is 2.91. The molecule has 0 saturated carbocycles. The van der Waals surface area contributed by atoms with Gasteiger partial charge in [0.25, 0.3) is 5.91 Å². The number of halogens is 1. The van der Waals surface area contributed by atoms with Crippen LogP contribution in [0, 0.1) is 5.82 Å². The van der Waals surface area contributed by atoms with Gasteiger partial charge in [0.2, 0.25) is 0 Å². The fraction of sp³-hybridized carbons (Fsp3) is 0.188. The highest BCUT2D eigenvalue weighted by atomic mass is 19.1. The van der Waals surface area contributed by atoms with Crippen molar-refractivity contribution in [3.05, 3.63) is 59.4 Å². The Morgan fingerprint density at radius 1 is 1.29 bits per heavy atom. The summed E-state index contributed by atoms with van der Waals surface area (Å²) in [7, 11) is 1.57. The smallest absolute Gasteiger partial charge is 0.251 e. The van der Waals surface area contributed by atoms with E-state index in [0.29, 0.717) is 5.75 Å². The SMILES string of the molecule is COc1ccccc1[C@H](C)NC(=O)c1ccc(N)c(F)c1. The molecule has 0 unspecified atom stereocenters. The third-order valence-corrected chi connectivity index (χ3v) is 3.22. The van der Waals surface area contributed by atoms with E-state index in [-0.39, 0.29) is 23.2 Å². The molecule has 0 saturated heterocycles. The molecule has 0 spiro atoms. The summed E-state index contributed by atoms with van der Waals surface area (Å²) in [6.07, 6.45) is 0. The molecule has 0 aliphatic heterocycles. The van der Waals surface area contributed by atoms with Crippen molar-refractivity contribution >= 4 is 11.6 Å². The molecule has 1 atom stereocenters. The van der Waals surface area contributed by atoms with Crippen molar-refractivity contribution in [1.29, 1.82) is 0 Å². The van der Waals surface area contributed by atoms with Crippen molar-refractivity contribution in [3.8, 4) is 5.75 Å². The summed E-state index contributed by atoms with van der Waals surface area (Å²) >= 11 is 0. The summed E-state index contributed by atoms with van der Waals surface area (Å²) < 4.78 is 18.7. The number of nitrogens with one attached hydrogen (secondary N) is 1. The number of nitrogen functional groups attached to an aromatic ring is 1. The van der Waals surface area contributed by atoms with Gasteiger partial charge in [0, 0.05) is 11.1 Å². The van der Waals surface area contributed by atoms with Gasteiger partial charge in [-0.1, -0.05) is 18.2 Å². The van der Waals surface area contributed by atoms with Gasteiger partial charge in [-0.05, 0) is 31.2 Å². The van der Waals surface area contributed by atoms with Crippen molar-refractivity contribution in [2.24, 2.45) is 0 Å². The molecular formula is C16H17FN2O2. The van der Waals surface area contributed by atoms with Gasteiger partial charge >= 0.3 is 0 Å². The maximum atomic E-state index is 13.4. The van der Waals surface area contributed by atoms with Crippen molar-refractivity contribution < 1.29 is 13.9 Å². The topological polar surface area (TPSA) is 64.3 Å². The van der Waals surface area contributed by atoms with Crippen LogP contribution in [0.25, 0.3) is 0 Å². The number of methoxy groups -OCH3 is 1. The molecule has 21 heavy (non-hydrogen) atoms. The number of amides is 1. The number of carbonyl (C=O) groups is 1. The van der Waals surface area contributed by atoms with E-state index < -0.39 is 5.82 Å². The number of carbonyl (C=O) groups excluding carboxylic acids is 1. The van der Waals surface area contributed by atoms with Crippen LogP contribution in [0.5, 0.6) is 5.75 Å². The first-order valence-corrected chi connectivity index (χ1v) is 6.51. The van der Waals surface area contributed by atoms with E-state index in [1.807, 2.05) is 31.2 Å². The van der Waals surface area contributed by atoms with Crippen molar-refractivity contribution in [3.63, 3.8) is 0 Å². The molecule has 0 heterocycles. The zero-order valence-electron chi connectivity index (χ0n) is 11.9. The maximum Gasteiger partial charge on any atom is 0.251 e. The minimum Gasteiger partial charge on any atom is -0.496 e. The normalized spacial score (nSPS) is 11.8. The number of rotatable bonds is 4. The standard InChI is InChI=1S/C16H17FN2O2/c1-10(12-5-3-4-6-15(12)21-2)19-16(20)11-7-8-14(18)13(17)9-11/h3-10H,18H2,1-2H3,(H,19,20)/t10-/m0/s1. The molecule has 0 bridgehead atoms. The molecule has 5 heteroatoms. The van der Waals surface area contributed by atoms with Gasteiger partial charge in [-0.15, -0.1) is 0 Å². The minimum absolute atomic E-state index is 0.0179. The summed E-state index contributed by atoms with van der Waals surface area (Å²) in [5.74, 6) is -0.284. The summed E-state index contributed by atoms with van der Waals surface area (Å²) in [5, 5.41) is 2.81. The van der Waals surface area contributed by atoms with Gasteiger partial charge in [-0.3, -0.25) is 4.79 Å². The molecule has 1 amide bonds. The van der Waals surface area contributed by atoms with Gasteiger partial charge in [-0.25, -0.2) is 4.39 Å². The van der Waals surface area contributed by atoms with Gasteiger partial charge in [0.05, 0.1) is 18.8 Å². The second-order valence-corrected chi connectivity index (χ2v) is 4.67. The van der Waals surface area contributed by atoms with Gasteiger partial charge in [-0.2, -0.15) is 0 Å². The molecule has 0 radical (unpaired) electrons. The van der Waals surface area contributed by atoms with Crippen LogP contribution in [0.15, 0.2) is 42.5 Å². The molecule has 3 N–H and O–H groups in total. The van der Waals surface area contributed by atoms with Crippen LogP contribution in [-0.4, -0.2) is 13.0 Å². The number of anilines is 1. The lowest BCUT2D eigenvalue weighted by Crippen LogP contribution is -2.27. The van der Waals surface area contributed by atoms with Crippen LogP contribution in [-0.2, 0) is 0 Å². The summed E-state index contributed by atoms with van der Waals surface area (Å²) in [4.78, 5) is 12.1. The van der Waals surface area contributed by atoms with E-state index >= 15 is 0 Å². The molecule has 110 valence electrons. The number of nitrogens with two attached hydrogens (primary N) is 1. The number of hydrogen-bond donors (Lipinski definition) is 2. The Morgan fingerprint density at radius 2 is 2.00 bits per heavy atom. The van der Waals surface area contributed by atoms with Crippen LogP contribution >= 0.6 is 0 Å². The minimum atomic E-state index is -0.604. The molecule has 2 aromatic rings. The monoisotopic (exact) mass is 288 g/mol. The first-order chi connectivity index (χ1) is 10.0. The lowest BCUT2D eigenvalue weighted by atomic mass is 10.1. The van der Waals surface area contributed by atoms with Gasteiger partial charge in [0.1, 0.15) is 11.6 Å². The largest absolute Gasteiger partial charge is 0.496 e. The number of hydrogen-bond acceptors (Lipinski definition) is 3. The zero-order chi connectivity index (χ0) is 15.4. The Morgan fingerprint density at radius 3 is 2.67 bits per heavy atom. The Balaban J connectivity index is 2.16. The highest BCUT2D eigenvalue weighted by Gasteiger charge is 2.15. The molecule has 0 fully saturated rings. The van der Waals surface area contributed by atoms with E-state index in [4.69, 9.17) is 10.5 Å². The molecule has 2 aromatic carbocycles. The second kappa shape index (κ2) is 6.26. The van der Waals surface area contributed by atoms with Gasteiger partial charge in [0.15, 0.2) is 0 Å². The zero-order valence-corrected chi connectivity index (χ0v) is 11.9. The third-order valence-electron chi connectivity index (χ3n) is 3.22. The first-order valence-electron chi connectivity index (χ1n) is 6.51. The first kappa shape index (κ1) is 14.8. The summed E-state index contributed by atoms with van der Waals surface area (Å²) in [5.41, 5.74) is 6.49. The quantitative estimate of drug-likeness (QED) is 0.850. The Kier molecular flexibility index (Phi) is 4.42. The van der Waals surface area contributed by atoms with Crippen molar-refractivity contribution in [2.75, 3.05) is 12.8 Å². The van der Waals surface area contributed by atoms with E-state index in [0.717, 1.165) is 11.6 Å². The number of ether oxygens (including phenoxy) is 1. The lowest BCUT2D eigenvalue weighted by Gasteiger charge is -2.17. The highest BCUT2D eigenvalue weighted by molar-refractivity contribution is 5.94. The fourth-order valence-corrected chi connectivity index (χ4v) is 2.05. The average molecular weight is 288 g/mol. The maximum absolute atomic E-state index is 13.4.